The summed E-state index contributed by atoms with van der Waals surface area (Å²) in [6, 6.07) is 0. The molecule has 1 heterocycles. The molecule has 2 rings (SSSR count). The van der Waals surface area contributed by atoms with Crippen molar-refractivity contribution in [2.24, 2.45) is 11.7 Å². The second-order valence-electron chi connectivity index (χ2n) is 7.14. The fourth-order valence-corrected chi connectivity index (χ4v) is 4.22. The summed E-state index contributed by atoms with van der Waals surface area (Å²) in [4.78, 5) is 17.0. The fourth-order valence-electron chi connectivity index (χ4n) is 4.22. The van der Waals surface area contributed by atoms with Crippen LogP contribution in [0.25, 0.3) is 0 Å². The second kappa shape index (κ2) is 7.59. The summed E-state index contributed by atoms with van der Waals surface area (Å²) >= 11 is 0. The zero-order valence-electron chi connectivity index (χ0n) is 13.9. The van der Waals surface area contributed by atoms with E-state index in [0.29, 0.717) is 19.0 Å². The van der Waals surface area contributed by atoms with E-state index in [0.717, 1.165) is 44.8 Å². The van der Waals surface area contributed by atoms with Crippen molar-refractivity contribution in [3.8, 4) is 0 Å². The lowest BCUT2D eigenvalue weighted by molar-refractivity contribution is -0.133. The van der Waals surface area contributed by atoms with Gasteiger partial charge in [-0.3, -0.25) is 9.69 Å². The first-order valence-electron chi connectivity index (χ1n) is 8.84. The lowest BCUT2D eigenvalue weighted by atomic mass is 9.75. The normalized spacial score (nSPS) is 30.1. The summed E-state index contributed by atoms with van der Waals surface area (Å²) in [7, 11) is 0. The molecule has 0 spiro atoms. The number of rotatable bonds is 6. The van der Waals surface area contributed by atoms with Crippen LogP contribution < -0.4 is 5.73 Å². The molecule has 2 aliphatic rings. The molecule has 1 aliphatic carbocycles. The average Bonchev–Trinajstić information content (AvgIpc) is 3.01. The minimum Gasteiger partial charge on any atom is -0.342 e. The first-order valence-corrected chi connectivity index (χ1v) is 8.84. The van der Waals surface area contributed by atoms with Gasteiger partial charge < -0.3 is 10.6 Å². The van der Waals surface area contributed by atoms with Crippen molar-refractivity contribution in [3.63, 3.8) is 0 Å². The molecular weight excluding hydrogens is 262 g/mol. The maximum Gasteiger partial charge on any atom is 0.236 e. The molecule has 0 aromatic heterocycles. The number of hydrogen-bond donors (Lipinski definition) is 1. The Hall–Kier alpha value is -0.610. The van der Waals surface area contributed by atoms with E-state index in [1.54, 1.807) is 0 Å². The van der Waals surface area contributed by atoms with Crippen LogP contribution in [0.4, 0.5) is 0 Å². The van der Waals surface area contributed by atoms with E-state index in [1.165, 1.54) is 25.7 Å². The summed E-state index contributed by atoms with van der Waals surface area (Å²) in [6.45, 7) is 8.67. The van der Waals surface area contributed by atoms with Gasteiger partial charge in [0.05, 0.1) is 6.54 Å². The third-order valence-electron chi connectivity index (χ3n) is 5.40. The zero-order valence-corrected chi connectivity index (χ0v) is 13.9. The summed E-state index contributed by atoms with van der Waals surface area (Å²) in [6.07, 6.45) is 8.27. The third kappa shape index (κ3) is 3.98. The van der Waals surface area contributed by atoms with Gasteiger partial charge in [0.15, 0.2) is 0 Å². The number of amides is 1. The highest BCUT2D eigenvalue weighted by molar-refractivity contribution is 5.78. The Kier molecular flexibility index (Phi) is 6.06. The predicted molar refractivity (Wildman–Crippen MR) is 87.1 cm³/mol. The monoisotopic (exact) mass is 295 g/mol. The highest BCUT2D eigenvalue weighted by Gasteiger charge is 2.40. The summed E-state index contributed by atoms with van der Waals surface area (Å²) in [5.41, 5.74) is 6.25. The third-order valence-corrected chi connectivity index (χ3v) is 5.40. The predicted octanol–water partition coefficient (Wildman–Crippen LogP) is 2.23. The molecule has 4 heteroatoms. The van der Waals surface area contributed by atoms with E-state index in [9.17, 15) is 4.79 Å². The minimum absolute atomic E-state index is 0.0586. The van der Waals surface area contributed by atoms with Crippen LogP contribution in [-0.4, -0.2) is 54.0 Å². The molecule has 1 saturated heterocycles. The Morgan fingerprint density at radius 2 is 2.05 bits per heavy atom. The summed E-state index contributed by atoms with van der Waals surface area (Å²) < 4.78 is 0. The van der Waals surface area contributed by atoms with Gasteiger partial charge in [-0.15, -0.1) is 0 Å². The van der Waals surface area contributed by atoms with Crippen molar-refractivity contribution in [1.82, 2.24) is 9.80 Å². The van der Waals surface area contributed by atoms with Gasteiger partial charge in [0.25, 0.3) is 0 Å². The summed E-state index contributed by atoms with van der Waals surface area (Å²) in [5, 5.41) is 0. The highest BCUT2D eigenvalue weighted by Crippen LogP contribution is 2.36. The SMILES string of the molecule is CCCN(CC(=O)N1CCCC1)C1(CN)CCCC(C)C1. The number of likely N-dealkylation sites (tertiary alicyclic amines) is 1. The van der Waals surface area contributed by atoms with E-state index in [4.69, 9.17) is 5.73 Å². The van der Waals surface area contributed by atoms with Crippen LogP contribution in [0.3, 0.4) is 0 Å². The topological polar surface area (TPSA) is 49.6 Å². The Morgan fingerprint density at radius 1 is 1.33 bits per heavy atom. The van der Waals surface area contributed by atoms with Crippen molar-refractivity contribution in [2.45, 2.75) is 64.3 Å². The molecule has 1 saturated carbocycles. The fraction of sp³-hybridized carbons (Fsp3) is 0.941. The van der Waals surface area contributed by atoms with Gasteiger partial charge in [0.1, 0.15) is 0 Å². The quantitative estimate of drug-likeness (QED) is 0.817. The maximum absolute atomic E-state index is 12.6. The number of carbonyl (C=O) groups excluding carboxylic acids is 1. The van der Waals surface area contributed by atoms with Crippen LogP contribution in [0.1, 0.15) is 58.8 Å². The van der Waals surface area contributed by atoms with Gasteiger partial charge in [-0.1, -0.05) is 26.7 Å². The van der Waals surface area contributed by atoms with Gasteiger partial charge in [0.2, 0.25) is 5.91 Å². The molecule has 1 amide bonds. The van der Waals surface area contributed by atoms with Crippen LogP contribution in [-0.2, 0) is 4.79 Å². The first-order chi connectivity index (χ1) is 10.1. The number of nitrogens with two attached hydrogens (primary N) is 1. The average molecular weight is 295 g/mol. The Bertz CT molecular complexity index is 341. The van der Waals surface area contributed by atoms with Crippen molar-refractivity contribution < 1.29 is 4.79 Å². The van der Waals surface area contributed by atoms with E-state index < -0.39 is 0 Å². The van der Waals surface area contributed by atoms with E-state index in [-0.39, 0.29) is 5.54 Å². The van der Waals surface area contributed by atoms with Crippen LogP contribution >= 0.6 is 0 Å². The maximum atomic E-state index is 12.6. The van der Waals surface area contributed by atoms with Crippen molar-refractivity contribution >= 4 is 5.91 Å². The van der Waals surface area contributed by atoms with Gasteiger partial charge in [-0.05, 0) is 44.6 Å². The lowest BCUT2D eigenvalue weighted by Crippen LogP contribution is -2.58. The molecule has 2 unspecified atom stereocenters. The smallest absolute Gasteiger partial charge is 0.236 e. The number of nitrogens with zero attached hydrogens (tertiary/aromatic N) is 2. The van der Waals surface area contributed by atoms with Crippen molar-refractivity contribution in [3.05, 3.63) is 0 Å². The number of hydrogen-bond acceptors (Lipinski definition) is 3. The first kappa shape index (κ1) is 16.8. The summed E-state index contributed by atoms with van der Waals surface area (Å²) in [5.74, 6) is 1.04. The molecule has 0 aromatic rings. The molecule has 0 aromatic carbocycles. The Morgan fingerprint density at radius 3 is 2.62 bits per heavy atom. The van der Waals surface area contributed by atoms with Gasteiger partial charge in [0, 0.05) is 25.2 Å². The molecule has 1 aliphatic heterocycles. The van der Waals surface area contributed by atoms with Gasteiger partial charge in [-0.25, -0.2) is 0 Å². The van der Waals surface area contributed by atoms with Gasteiger partial charge in [-0.2, -0.15) is 0 Å². The zero-order chi connectivity index (χ0) is 15.3. The van der Waals surface area contributed by atoms with Crippen LogP contribution in [0, 0.1) is 5.92 Å². The van der Waals surface area contributed by atoms with Gasteiger partial charge >= 0.3 is 0 Å². The molecule has 0 radical (unpaired) electrons. The van der Waals surface area contributed by atoms with Crippen molar-refractivity contribution in [2.75, 3.05) is 32.7 Å². The molecule has 0 bridgehead atoms. The van der Waals surface area contributed by atoms with Crippen LogP contribution in [0.2, 0.25) is 0 Å². The van der Waals surface area contributed by atoms with E-state index >= 15 is 0 Å². The lowest BCUT2D eigenvalue weighted by Gasteiger charge is -2.48. The Balaban J connectivity index is 2.06. The largest absolute Gasteiger partial charge is 0.342 e. The Labute approximate surface area is 130 Å². The molecule has 122 valence electrons. The van der Waals surface area contributed by atoms with Crippen LogP contribution in [0.5, 0.6) is 0 Å². The molecule has 2 N–H and O–H groups in total. The molecule has 4 nitrogen and oxygen atoms in total. The standard InChI is InChI=1S/C17H33N3O/c1-3-9-20(13-16(21)19-10-4-5-11-19)17(14-18)8-6-7-15(2)12-17/h15H,3-14,18H2,1-2H3. The van der Waals surface area contributed by atoms with E-state index in [1.807, 2.05) is 4.90 Å². The highest BCUT2D eigenvalue weighted by atomic mass is 16.2. The van der Waals surface area contributed by atoms with Crippen LogP contribution in [0.15, 0.2) is 0 Å². The molecule has 21 heavy (non-hydrogen) atoms. The number of carbonyl (C=O) groups is 1. The van der Waals surface area contributed by atoms with Crippen molar-refractivity contribution in [1.29, 1.82) is 0 Å². The molecule has 2 fully saturated rings. The minimum atomic E-state index is 0.0586. The molecular formula is C17H33N3O. The van der Waals surface area contributed by atoms with E-state index in [2.05, 4.69) is 18.7 Å². The second-order valence-corrected chi connectivity index (χ2v) is 7.14. The molecule has 2 atom stereocenters.